The lowest BCUT2D eigenvalue weighted by molar-refractivity contribution is 0.0695. The highest BCUT2D eigenvalue weighted by Crippen LogP contribution is 2.13. The van der Waals surface area contributed by atoms with Crippen molar-refractivity contribution in [1.82, 2.24) is 9.97 Å². The van der Waals surface area contributed by atoms with Gasteiger partial charge in [-0.05, 0) is 19.1 Å². The second kappa shape index (κ2) is 4.87. The summed E-state index contributed by atoms with van der Waals surface area (Å²) in [4.78, 5) is 20.8. The smallest absolute Gasteiger partial charge is 0.339 e. The van der Waals surface area contributed by atoms with Gasteiger partial charge >= 0.3 is 5.97 Å². The molecule has 2 rings (SSSR count). The van der Waals surface area contributed by atoms with Gasteiger partial charge in [0.15, 0.2) is 0 Å². The summed E-state index contributed by atoms with van der Waals surface area (Å²) in [5, 5.41) is 8.89. The molecule has 2 heterocycles. The number of furan rings is 1. The van der Waals surface area contributed by atoms with Crippen LogP contribution in [0.4, 0.5) is 5.95 Å². The molecular weight excluding hydrogens is 234 g/mol. The number of carbonyl (C=O) groups is 1. The van der Waals surface area contributed by atoms with E-state index < -0.39 is 5.97 Å². The number of carboxylic acid groups (broad SMARTS) is 1. The minimum Gasteiger partial charge on any atom is -0.478 e. The van der Waals surface area contributed by atoms with Gasteiger partial charge in [0.2, 0.25) is 5.95 Å². The van der Waals surface area contributed by atoms with Crippen molar-refractivity contribution < 1.29 is 14.3 Å². The highest BCUT2D eigenvalue weighted by Gasteiger charge is 2.12. The van der Waals surface area contributed by atoms with E-state index in [2.05, 4.69) is 9.97 Å². The number of carboxylic acids is 1. The van der Waals surface area contributed by atoms with Gasteiger partial charge in [-0.3, -0.25) is 0 Å². The number of rotatable bonds is 4. The highest BCUT2D eigenvalue weighted by atomic mass is 16.4. The van der Waals surface area contributed by atoms with Crippen LogP contribution in [-0.2, 0) is 6.54 Å². The van der Waals surface area contributed by atoms with Gasteiger partial charge in [-0.15, -0.1) is 0 Å². The summed E-state index contributed by atoms with van der Waals surface area (Å²) in [5.41, 5.74) is 0.559. The highest BCUT2D eigenvalue weighted by molar-refractivity contribution is 5.88. The van der Waals surface area contributed by atoms with Gasteiger partial charge < -0.3 is 14.4 Å². The fourth-order valence-electron chi connectivity index (χ4n) is 1.56. The number of anilines is 1. The van der Waals surface area contributed by atoms with Crippen LogP contribution in [0.2, 0.25) is 0 Å². The molecule has 0 fully saturated rings. The molecule has 6 nitrogen and oxygen atoms in total. The van der Waals surface area contributed by atoms with E-state index in [0.717, 1.165) is 5.76 Å². The van der Waals surface area contributed by atoms with E-state index in [4.69, 9.17) is 9.52 Å². The molecule has 0 unspecified atom stereocenters. The Morgan fingerprint density at radius 1 is 1.56 bits per heavy atom. The van der Waals surface area contributed by atoms with Gasteiger partial charge in [-0.1, -0.05) is 0 Å². The molecule has 2 aromatic heterocycles. The molecule has 0 amide bonds. The topological polar surface area (TPSA) is 79.5 Å². The van der Waals surface area contributed by atoms with Crippen LogP contribution >= 0.6 is 0 Å². The summed E-state index contributed by atoms with van der Waals surface area (Å²) in [6, 6.07) is 3.66. The van der Waals surface area contributed by atoms with Crippen molar-refractivity contribution in [2.75, 3.05) is 11.9 Å². The van der Waals surface area contributed by atoms with Crippen LogP contribution in [0, 0.1) is 6.92 Å². The number of aromatic carboxylic acids is 1. The maximum Gasteiger partial charge on any atom is 0.339 e. The van der Waals surface area contributed by atoms with Crippen LogP contribution in [-0.4, -0.2) is 28.1 Å². The van der Waals surface area contributed by atoms with Crippen LogP contribution in [0.1, 0.15) is 21.8 Å². The molecule has 0 aliphatic rings. The van der Waals surface area contributed by atoms with E-state index in [1.165, 1.54) is 6.20 Å². The molecule has 0 spiro atoms. The summed E-state index contributed by atoms with van der Waals surface area (Å²) in [6.07, 6.45) is 2.92. The van der Waals surface area contributed by atoms with E-state index in [1.54, 1.807) is 18.1 Å². The number of hydrogen-bond acceptors (Lipinski definition) is 5. The molecule has 0 aliphatic carbocycles. The van der Waals surface area contributed by atoms with Crippen molar-refractivity contribution in [2.45, 2.75) is 13.5 Å². The summed E-state index contributed by atoms with van der Waals surface area (Å²) < 4.78 is 5.23. The van der Waals surface area contributed by atoms with Crippen LogP contribution in [0.15, 0.2) is 29.0 Å². The molecule has 18 heavy (non-hydrogen) atoms. The molecule has 0 aromatic carbocycles. The minimum absolute atomic E-state index is 0.116. The van der Waals surface area contributed by atoms with Gasteiger partial charge in [0.25, 0.3) is 0 Å². The molecule has 94 valence electrons. The summed E-state index contributed by atoms with van der Waals surface area (Å²) in [7, 11) is 1.82. The lowest BCUT2D eigenvalue weighted by Crippen LogP contribution is -2.20. The Morgan fingerprint density at radius 2 is 2.33 bits per heavy atom. The Hall–Kier alpha value is -2.37. The van der Waals surface area contributed by atoms with Gasteiger partial charge in [0.1, 0.15) is 5.76 Å². The Bertz CT molecular complexity index is 552. The van der Waals surface area contributed by atoms with Crippen molar-refractivity contribution in [2.24, 2.45) is 0 Å². The normalized spacial score (nSPS) is 10.3. The van der Waals surface area contributed by atoms with Crippen molar-refractivity contribution in [3.63, 3.8) is 0 Å². The Balaban J connectivity index is 2.18. The van der Waals surface area contributed by atoms with Crippen LogP contribution < -0.4 is 4.90 Å². The number of aromatic nitrogens is 2. The lowest BCUT2D eigenvalue weighted by Gasteiger charge is -2.16. The summed E-state index contributed by atoms with van der Waals surface area (Å²) >= 11 is 0. The SMILES string of the molecule is Cc1nc(N(C)Cc2ccco2)ncc1C(=O)O. The van der Waals surface area contributed by atoms with E-state index in [1.807, 2.05) is 19.2 Å². The first-order valence-corrected chi connectivity index (χ1v) is 5.38. The molecule has 0 radical (unpaired) electrons. The van der Waals surface area contributed by atoms with Crippen molar-refractivity contribution in [1.29, 1.82) is 0 Å². The van der Waals surface area contributed by atoms with Gasteiger partial charge in [0, 0.05) is 13.2 Å². The second-order valence-corrected chi connectivity index (χ2v) is 3.91. The third kappa shape index (κ3) is 2.48. The maximum atomic E-state index is 10.9. The molecule has 0 saturated heterocycles. The quantitative estimate of drug-likeness (QED) is 0.886. The zero-order valence-electron chi connectivity index (χ0n) is 10.1. The molecule has 0 atom stereocenters. The predicted molar refractivity (Wildman–Crippen MR) is 64.5 cm³/mol. The average Bonchev–Trinajstić information content (AvgIpc) is 2.81. The van der Waals surface area contributed by atoms with E-state index >= 15 is 0 Å². The molecule has 0 bridgehead atoms. The fourth-order valence-corrected chi connectivity index (χ4v) is 1.56. The Kier molecular flexibility index (Phi) is 3.27. The van der Waals surface area contributed by atoms with Crippen molar-refractivity contribution in [3.05, 3.63) is 41.6 Å². The van der Waals surface area contributed by atoms with E-state index in [-0.39, 0.29) is 5.56 Å². The molecule has 1 N–H and O–H groups in total. The molecule has 6 heteroatoms. The molecule has 0 aliphatic heterocycles. The van der Waals surface area contributed by atoms with Crippen LogP contribution in [0.25, 0.3) is 0 Å². The first-order valence-electron chi connectivity index (χ1n) is 5.38. The third-order valence-corrected chi connectivity index (χ3v) is 2.51. The number of hydrogen-bond donors (Lipinski definition) is 1. The predicted octanol–water partition coefficient (Wildman–Crippen LogP) is 1.71. The van der Waals surface area contributed by atoms with Crippen molar-refractivity contribution >= 4 is 11.9 Å². The largest absolute Gasteiger partial charge is 0.478 e. The fraction of sp³-hybridized carbons (Fsp3) is 0.250. The molecule has 0 saturated carbocycles. The average molecular weight is 247 g/mol. The van der Waals surface area contributed by atoms with E-state index in [0.29, 0.717) is 18.2 Å². The Labute approximate surface area is 104 Å². The molecular formula is C12H13N3O3. The first-order chi connectivity index (χ1) is 8.58. The van der Waals surface area contributed by atoms with Crippen LogP contribution in [0.5, 0.6) is 0 Å². The zero-order chi connectivity index (χ0) is 13.1. The Morgan fingerprint density at radius 3 is 2.89 bits per heavy atom. The minimum atomic E-state index is -1.02. The van der Waals surface area contributed by atoms with Gasteiger partial charge in [0.05, 0.1) is 24.1 Å². The van der Waals surface area contributed by atoms with Crippen molar-refractivity contribution in [3.8, 4) is 0 Å². The van der Waals surface area contributed by atoms with Crippen LogP contribution in [0.3, 0.4) is 0 Å². The molecule has 2 aromatic rings. The van der Waals surface area contributed by atoms with E-state index in [9.17, 15) is 4.79 Å². The summed E-state index contributed by atoms with van der Waals surface area (Å²) in [5.74, 6) is 0.239. The number of nitrogens with zero attached hydrogens (tertiary/aromatic N) is 3. The third-order valence-electron chi connectivity index (χ3n) is 2.51. The zero-order valence-corrected chi connectivity index (χ0v) is 10.1. The monoisotopic (exact) mass is 247 g/mol. The maximum absolute atomic E-state index is 10.9. The standard InChI is InChI=1S/C12H13N3O3/c1-8-10(11(16)17)6-13-12(14-8)15(2)7-9-4-3-5-18-9/h3-6H,7H2,1-2H3,(H,16,17). The lowest BCUT2D eigenvalue weighted by atomic mass is 10.2. The second-order valence-electron chi connectivity index (χ2n) is 3.91. The summed E-state index contributed by atoms with van der Waals surface area (Å²) in [6.45, 7) is 2.17. The van der Waals surface area contributed by atoms with Gasteiger partial charge in [-0.25, -0.2) is 14.8 Å². The number of aryl methyl sites for hydroxylation is 1. The first kappa shape index (κ1) is 12.1. The van der Waals surface area contributed by atoms with Gasteiger partial charge in [-0.2, -0.15) is 0 Å².